The summed E-state index contributed by atoms with van der Waals surface area (Å²) in [5.74, 6) is -2.74. The number of Topliss-reactive ketones (excluding diaryl/α,β-unsaturated/α-hetero) is 3. The van der Waals surface area contributed by atoms with Crippen LogP contribution in [0, 0.1) is 0 Å². The Balaban J connectivity index is 4.41. The summed E-state index contributed by atoms with van der Waals surface area (Å²) in [6, 6.07) is 0. The number of aliphatic hydroxyl groups is 3. The third-order valence-corrected chi connectivity index (χ3v) is 9.55. The Kier molecular flexibility index (Phi) is 29.4. The largest absolute Gasteiger partial charge is 0.393 e. The fraction of sp³-hybridized carbons (Fsp3) is 0.829. The topological polar surface area (TPSA) is 112 Å². The van der Waals surface area contributed by atoms with Gasteiger partial charge in [-0.1, -0.05) is 141 Å². The lowest BCUT2D eigenvalue weighted by molar-refractivity contribution is -0.193. The summed E-state index contributed by atoms with van der Waals surface area (Å²) in [4.78, 5) is 38.7. The molecular weight excluding hydrogens is 588 g/mol. The first-order valence-electron chi connectivity index (χ1n) is 19.7. The van der Waals surface area contributed by atoms with Gasteiger partial charge >= 0.3 is 0 Å². The maximum absolute atomic E-state index is 13.2. The van der Waals surface area contributed by atoms with E-state index in [9.17, 15) is 29.7 Å². The van der Waals surface area contributed by atoms with E-state index in [1.54, 1.807) is 0 Å². The van der Waals surface area contributed by atoms with Gasteiger partial charge in [-0.15, -0.1) is 0 Å². The number of unbranched alkanes of at least 4 members (excludes halogenated alkanes) is 22. The van der Waals surface area contributed by atoms with Gasteiger partial charge < -0.3 is 15.3 Å². The number of carbonyl (C=O) groups excluding carboxylic acids is 3. The van der Waals surface area contributed by atoms with Crippen molar-refractivity contribution in [2.75, 3.05) is 6.61 Å². The van der Waals surface area contributed by atoms with Gasteiger partial charge in [-0.2, -0.15) is 0 Å². The maximum atomic E-state index is 13.2. The molecular formula is C41H74O6. The van der Waals surface area contributed by atoms with Crippen LogP contribution in [0.25, 0.3) is 0 Å². The Bertz CT molecular complexity index is 795. The van der Waals surface area contributed by atoms with Gasteiger partial charge in [-0.05, 0) is 71.1 Å². The van der Waals surface area contributed by atoms with Crippen molar-refractivity contribution >= 4 is 17.3 Å². The maximum Gasteiger partial charge on any atom is 0.219 e. The quantitative estimate of drug-likeness (QED) is 0.0354. The number of ketones is 3. The molecule has 6 heteroatoms. The van der Waals surface area contributed by atoms with Gasteiger partial charge in [0.15, 0.2) is 23.0 Å². The normalized spacial score (nSPS) is 14.5. The van der Waals surface area contributed by atoms with Crippen LogP contribution < -0.4 is 0 Å². The lowest BCUT2D eigenvalue weighted by Crippen LogP contribution is -2.69. The third-order valence-electron chi connectivity index (χ3n) is 9.55. The zero-order chi connectivity index (χ0) is 35.1. The summed E-state index contributed by atoms with van der Waals surface area (Å²) >= 11 is 0. The average Bonchev–Trinajstić information content (AvgIpc) is 3.06. The second kappa shape index (κ2) is 30.4. The van der Waals surface area contributed by atoms with Crippen molar-refractivity contribution in [1.29, 1.82) is 0 Å². The van der Waals surface area contributed by atoms with Gasteiger partial charge in [0.25, 0.3) is 0 Å². The van der Waals surface area contributed by atoms with Crippen molar-refractivity contribution in [2.45, 2.75) is 212 Å². The van der Waals surface area contributed by atoms with Crippen molar-refractivity contribution in [3.05, 3.63) is 24.3 Å². The highest BCUT2D eigenvalue weighted by molar-refractivity contribution is 6.16. The van der Waals surface area contributed by atoms with Crippen molar-refractivity contribution in [1.82, 2.24) is 0 Å². The van der Waals surface area contributed by atoms with Crippen LogP contribution in [0.2, 0.25) is 0 Å². The monoisotopic (exact) mass is 663 g/mol. The molecule has 3 N–H and O–H groups in total. The molecule has 0 radical (unpaired) electrons. The minimum absolute atomic E-state index is 0.123. The Hall–Kier alpha value is -1.63. The zero-order valence-electron chi connectivity index (χ0n) is 30.9. The molecule has 0 fully saturated rings. The number of aliphatic hydroxyl groups excluding tert-OH is 1. The number of carbonyl (C=O) groups is 3. The molecule has 0 aromatic heterocycles. The average molecular weight is 663 g/mol. The fourth-order valence-electron chi connectivity index (χ4n) is 6.17. The number of hydrogen-bond acceptors (Lipinski definition) is 6. The first kappa shape index (κ1) is 45.4. The van der Waals surface area contributed by atoms with Crippen LogP contribution in [0.15, 0.2) is 24.3 Å². The fourth-order valence-corrected chi connectivity index (χ4v) is 6.17. The van der Waals surface area contributed by atoms with Crippen LogP contribution in [0.1, 0.15) is 201 Å². The van der Waals surface area contributed by atoms with E-state index < -0.39 is 35.2 Å². The Morgan fingerprint density at radius 3 is 1.02 bits per heavy atom. The van der Waals surface area contributed by atoms with E-state index in [0.717, 1.165) is 84.0 Å². The number of rotatable bonds is 35. The van der Waals surface area contributed by atoms with Crippen LogP contribution in [-0.4, -0.2) is 50.5 Å². The van der Waals surface area contributed by atoms with Crippen LogP contribution in [0.5, 0.6) is 0 Å². The molecule has 6 nitrogen and oxygen atoms in total. The highest BCUT2D eigenvalue weighted by Crippen LogP contribution is 2.30. The van der Waals surface area contributed by atoms with Crippen LogP contribution in [-0.2, 0) is 14.4 Å². The van der Waals surface area contributed by atoms with Crippen molar-refractivity contribution < 1.29 is 29.7 Å². The van der Waals surface area contributed by atoms with Gasteiger partial charge in [0.05, 0.1) is 6.61 Å². The Morgan fingerprint density at radius 1 is 0.468 bits per heavy atom. The molecule has 1 unspecified atom stereocenters. The summed E-state index contributed by atoms with van der Waals surface area (Å²) in [5, 5.41) is 32.1. The molecule has 47 heavy (non-hydrogen) atoms. The minimum atomic E-state index is -2.92. The van der Waals surface area contributed by atoms with Crippen LogP contribution in [0.3, 0.4) is 0 Å². The molecule has 0 heterocycles. The molecule has 274 valence electrons. The SMILES string of the molecule is CCCCCCCCC=CCCCCCCCC(=O)C(O)(C(=O)CCCCCCCC=CCCCCCCCC)C(O)(CO)C(C)=O. The smallest absolute Gasteiger partial charge is 0.219 e. The molecule has 0 spiro atoms. The molecule has 0 rings (SSSR count). The summed E-state index contributed by atoms with van der Waals surface area (Å²) in [5.41, 5.74) is -5.75. The molecule has 0 saturated heterocycles. The lowest BCUT2D eigenvalue weighted by atomic mass is 9.72. The second-order valence-corrected chi connectivity index (χ2v) is 13.8. The van der Waals surface area contributed by atoms with E-state index in [2.05, 4.69) is 38.2 Å². The van der Waals surface area contributed by atoms with E-state index in [4.69, 9.17) is 0 Å². The molecule has 0 aliphatic rings. The van der Waals surface area contributed by atoms with Gasteiger partial charge in [-0.25, -0.2) is 0 Å². The molecule has 0 saturated carbocycles. The first-order valence-corrected chi connectivity index (χ1v) is 19.7. The summed E-state index contributed by atoms with van der Waals surface area (Å²) in [6.07, 6.45) is 37.4. The van der Waals surface area contributed by atoms with Crippen molar-refractivity contribution in [3.8, 4) is 0 Å². The Morgan fingerprint density at radius 2 is 0.745 bits per heavy atom. The predicted octanol–water partition coefficient (Wildman–Crippen LogP) is 10.2. The lowest BCUT2D eigenvalue weighted by Gasteiger charge is -2.38. The van der Waals surface area contributed by atoms with Gasteiger partial charge in [0.1, 0.15) is 0 Å². The second-order valence-electron chi connectivity index (χ2n) is 13.8. The van der Waals surface area contributed by atoms with Gasteiger partial charge in [0, 0.05) is 12.8 Å². The van der Waals surface area contributed by atoms with Crippen molar-refractivity contribution in [2.24, 2.45) is 0 Å². The van der Waals surface area contributed by atoms with Crippen LogP contribution >= 0.6 is 0 Å². The highest BCUT2D eigenvalue weighted by Gasteiger charge is 2.61. The molecule has 0 aromatic carbocycles. The van der Waals surface area contributed by atoms with E-state index in [1.165, 1.54) is 77.0 Å². The standard InChI is InChI=1S/C41H74O6/c1-4-6-8-10-12-14-16-18-20-22-24-26-28-30-32-34-38(44)41(47,40(46,36-42)37(3)43)39(45)35-33-31-29-27-25-23-21-19-17-15-13-11-9-7-5-2/h18-21,42,46-47H,4-17,22-36H2,1-3H3. The molecule has 1 atom stereocenters. The van der Waals surface area contributed by atoms with E-state index in [-0.39, 0.29) is 12.8 Å². The highest BCUT2D eigenvalue weighted by atomic mass is 16.4. The number of allylic oxidation sites excluding steroid dienone is 4. The Labute approximate surface area is 289 Å². The summed E-state index contributed by atoms with van der Waals surface area (Å²) in [6.45, 7) is 4.28. The molecule has 0 aromatic rings. The zero-order valence-corrected chi connectivity index (χ0v) is 30.9. The van der Waals surface area contributed by atoms with Gasteiger partial charge in [-0.3, -0.25) is 14.4 Å². The molecule has 0 bridgehead atoms. The summed E-state index contributed by atoms with van der Waals surface area (Å²) in [7, 11) is 0. The molecule has 0 aliphatic heterocycles. The van der Waals surface area contributed by atoms with E-state index >= 15 is 0 Å². The summed E-state index contributed by atoms with van der Waals surface area (Å²) < 4.78 is 0. The first-order chi connectivity index (χ1) is 22.7. The van der Waals surface area contributed by atoms with Crippen LogP contribution in [0.4, 0.5) is 0 Å². The molecule has 0 aliphatic carbocycles. The van der Waals surface area contributed by atoms with Gasteiger partial charge in [0.2, 0.25) is 5.60 Å². The van der Waals surface area contributed by atoms with E-state index in [0.29, 0.717) is 12.8 Å². The third kappa shape index (κ3) is 20.5. The van der Waals surface area contributed by atoms with E-state index in [1.807, 2.05) is 0 Å². The number of hydrogen-bond donors (Lipinski definition) is 3. The predicted molar refractivity (Wildman–Crippen MR) is 197 cm³/mol. The van der Waals surface area contributed by atoms with Crippen molar-refractivity contribution in [3.63, 3.8) is 0 Å². The molecule has 0 amide bonds. The minimum Gasteiger partial charge on any atom is -0.393 e.